The molecule has 0 saturated heterocycles. The van der Waals surface area contributed by atoms with Gasteiger partial charge in [-0.2, -0.15) is 13.2 Å². The third-order valence-electron chi connectivity index (χ3n) is 2.58. The van der Waals surface area contributed by atoms with Gasteiger partial charge < -0.3 is 10.3 Å². The first-order valence-electron chi connectivity index (χ1n) is 5.55. The van der Waals surface area contributed by atoms with E-state index in [0.717, 1.165) is 17.8 Å². The molecular weight excluding hydrogens is 257 g/mol. The third-order valence-corrected chi connectivity index (χ3v) is 2.58. The maximum absolute atomic E-state index is 12.7. The largest absolute Gasteiger partial charge is 0.417 e. The summed E-state index contributed by atoms with van der Waals surface area (Å²) >= 11 is 0. The lowest BCUT2D eigenvalue weighted by molar-refractivity contribution is -0.137. The van der Waals surface area contributed by atoms with Crippen molar-refractivity contribution in [3.8, 4) is 0 Å². The molecule has 1 aromatic carbocycles. The van der Waals surface area contributed by atoms with E-state index in [1.54, 1.807) is 18.3 Å². The summed E-state index contributed by atoms with van der Waals surface area (Å²) in [7, 11) is 0. The number of alkyl halides is 3. The smallest absolute Gasteiger partial charge is 0.364 e. The fourth-order valence-electron chi connectivity index (χ4n) is 1.68. The molecule has 0 saturated carbocycles. The highest BCUT2D eigenvalue weighted by Gasteiger charge is 2.34. The second kappa shape index (κ2) is 5.17. The van der Waals surface area contributed by atoms with Crippen LogP contribution in [0.25, 0.3) is 0 Å². The lowest BCUT2D eigenvalue weighted by Gasteiger charge is -2.12. The molecule has 0 aliphatic rings. The van der Waals surface area contributed by atoms with Crippen LogP contribution in [0, 0.1) is 0 Å². The van der Waals surface area contributed by atoms with Crippen LogP contribution < -0.4 is 5.32 Å². The van der Waals surface area contributed by atoms with Gasteiger partial charge in [0, 0.05) is 11.9 Å². The number of aromatic nitrogens is 1. The number of benzene rings is 1. The van der Waals surface area contributed by atoms with Crippen molar-refractivity contribution in [3.05, 3.63) is 59.4 Å². The Morgan fingerprint density at radius 3 is 2.53 bits per heavy atom. The normalized spacial score (nSPS) is 11.3. The molecule has 1 amide bonds. The highest BCUT2D eigenvalue weighted by atomic mass is 19.4. The van der Waals surface area contributed by atoms with Crippen LogP contribution in [0.3, 0.4) is 0 Å². The molecule has 6 heteroatoms. The summed E-state index contributed by atoms with van der Waals surface area (Å²) < 4.78 is 38.2. The first-order chi connectivity index (χ1) is 8.98. The zero-order chi connectivity index (χ0) is 13.9. The molecule has 1 aromatic heterocycles. The summed E-state index contributed by atoms with van der Waals surface area (Å²) in [4.78, 5) is 14.6. The molecule has 0 unspecified atom stereocenters. The molecule has 0 fully saturated rings. The molecule has 3 nitrogen and oxygen atoms in total. The second-order valence-electron chi connectivity index (χ2n) is 3.92. The number of aromatic amines is 1. The number of H-pyrrole nitrogens is 1. The minimum atomic E-state index is -4.54. The first kappa shape index (κ1) is 13.2. The summed E-state index contributed by atoms with van der Waals surface area (Å²) in [5.41, 5.74) is -0.585. The Balaban J connectivity index is 2.15. The number of carbonyl (C=O) groups excluding carboxylic acids is 1. The van der Waals surface area contributed by atoms with Gasteiger partial charge in [0.2, 0.25) is 0 Å². The van der Waals surface area contributed by atoms with Crippen molar-refractivity contribution in [2.45, 2.75) is 12.7 Å². The molecule has 1 heterocycles. The Morgan fingerprint density at radius 1 is 1.16 bits per heavy atom. The van der Waals surface area contributed by atoms with E-state index >= 15 is 0 Å². The summed E-state index contributed by atoms with van der Waals surface area (Å²) in [6.45, 7) is 0.151. The van der Waals surface area contributed by atoms with Crippen LogP contribution in [0.1, 0.15) is 21.6 Å². The van der Waals surface area contributed by atoms with Crippen LogP contribution in [0.2, 0.25) is 0 Å². The van der Waals surface area contributed by atoms with E-state index in [2.05, 4.69) is 10.3 Å². The molecule has 0 bridgehead atoms. The van der Waals surface area contributed by atoms with Crippen molar-refractivity contribution in [2.24, 2.45) is 0 Å². The molecule has 100 valence electrons. The maximum Gasteiger partial charge on any atom is 0.417 e. The minimum absolute atomic E-state index is 0.151. The Bertz CT molecular complexity index is 562. The van der Waals surface area contributed by atoms with Crippen LogP contribution in [0.15, 0.2) is 42.6 Å². The van der Waals surface area contributed by atoms with Gasteiger partial charge in [0.1, 0.15) is 0 Å². The van der Waals surface area contributed by atoms with Gasteiger partial charge in [-0.3, -0.25) is 4.79 Å². The first-order valence-corrected chi connectivity index (χ1v) is 5.55. The van der Waals surface area contributed by atoms with E-state index in [1.165, 1.54) is 12.1 Å². The number of nitrogens with one attached hydrogen (secondary N) is 2. The number of halogens is 3. The Morgan fingerprint density at radius 2 is 1.89 bits per heavy atom. The van der Waals surface area contributed by atoms with E-state index in [9.17, 15) is 18.0 Å². The van der Waals surface area contributed by atoms with E-state index in [4.69, 9.17) is 0 Å². The average molecular weight is 268 g/mol. The van der Waals surface area contributed by atoms with Crippen molar-refractivity contribution < 1.29 is 18.0 Å². The molecule has 2 aromatic rings. The molecule has 2 N–H and O–H groups in total. The summed E-state index contributed by atoms with van der Waals surface area (Å²) in [5.74, 6) is -0.748. The molecule has 19 heavy (non-hydrogen) atoms. The van der Waals surface area contributed by atoms with Crippen molar-refractivity contribution >= 4 is 5.91 Å². The molecular formula is C13H11F3N2O. The van der Waals surface area contributed by atoms with Crippen molar-refractivity contribution in [2.75, 3.05) is 0 Å². The molecule has 0 aliphatic carbocycles. The standard InChI is InChI=1S/C13H11F3N2O/c14-13(15,16)11-6-2-1-5-10(11)12(19)18-8-9-4-3-7-17-9/h1-7,17H,8H2,(H,18,19). The summed E-state index contributed by atoms with van der Waals surface area (Å²) in [6, 6.07) is 8.18. The second-order valence-corrected chi connectivity index (χ2v) is 3.92. The van der Waals surface area contributed by atoms with E-state index in [1.807, 2.05) is 0 Å². The Labute approximate surface area is 107 Å². The van der Waals surface area contributed by atoms with E-state index in [-0.39, 0.29) is 12.1 Å². The van der Waals surface area contributed by atoms with Crippen LogP contribution in [-0.4, -0.2) is 10.9 Å². The van der Waals surface area contributed by atoms with Crippen LogP contribution in [0.5, 0.6) is 0 Å². The van der Waals surface area contributed by atoms with Gasteiger partial charge in [0.05, 0.1) is 17.7 Å². The third kappa shape index (κ3) is 3.15. The minimum Gasteiger partial charge on any atom is -0.364 e. The van der Waals surface area contributed by atoms with Crippen molar-refractivity contribution in [3.63, 3.8) is 0 Å². The number of hydrogen-bond acceptors (Lipinski definition) is 1. The van der Waals surface area contributed by atoms with Gasteiger partial charge >= 0.3 is 6.18 Å². The van der Waals surface area contributed by atoms with Gasteiger partial charge in [-0.25, -0.2) is 0 Å². The molecule has 0 atom stereocenters. The fraction of sp³-hybridized carbons (Fsp3) is 0.154. The summed E-state index contributed by atoms with van der Waals surface area (Å²) in [5, 5.41) is 2.44. The predicted molar refractivity (Wildman–Crippen MR) is 63.4 cm³/mol. The molecule has 0 spiro atoms. The number of amides is 1. The van der Waals surface area contributed by atoms with Gasteiger partial charge in [-0.1, -0.05) is 12.1 Å². The van der Waals surface area contributed by atoms with Gasteiger partial charge in [0.25, 0.3) is 5.91 Å². The SMILES string of the molecule is O=C(NCc1ccc[nH]1)c1ccccc1C(F)(F)F. The summed E-state index contributed by atoms with van der Waals surface area (Å²) in [6.07, 6.45) is -2.87. The Hall–Kier alpha value is -2.24. The zero-order valence-electron chi connectivity index (χ0n) is 9.79. The lowest BCUT2D eigenvalue weighted by atomic mass is 10.1. The number of carbonyl (C=O) groups is 1. The van der Waals surface area contributed by atoms with E-state index in [0.29, 0.717) is 0 Å². The predicted octanol–water partition coefficient (Wildman–Crippen LogP) is 2.96. The number of rotatable bonds is 3. The average Bonchev–Trinajstić information content (AvgIpc) is 2.88. The van der Waals surface area contributed by atoms with Crippen molar-refractivity contribution in [1.29, 1.82) is 0 Å². The highest BCUT2D eigenvalue weighted by molar-refractivity contribution is 5.95. The topological polar surface area (TPSA) is 44.9 Å². The van der Waals surface area contributed by atoms with Crippen LogP contribution >= 0.6 is 0 Å². The number of hydrogen-bond donors (Lipinski definition) is 2. The van der Waals surface area contributed by atoms with Crippen LogP contribution in [0.4, 0.5) is 13.2 Å². The molecule has 2 rings (SSSR count). The quantitative estimate of drug-likeness (QED) is 0.883. The van der Waals surface area contributed by atoms with Gasteiger partial charge in [-0.05, 0) is 24.3 Å². The van der Waals surface area contributed by atoms with Crippen LogP contribution in [-0.2, 0) is 12.7 Å². The highest BCUT2D eigenvalue weighted by Crippen LogP contribution is 2.31. The zero-order valence-corrected chi connectivity index (χ0v) is 9.79. The van der Waals surface area contributed by atoms with E-state index < -0.39 is 17.6 Å². The lowest BCUT2D eigenvalue weighted by Crippen LogP contribution is -2.25. The molecule has 0 radical (unpaired) electrons. The Kier molecular flexibility index (Phi) is 3.59. The maximum atomic E-state index is 12.7. The van der Waals surface area contributed by atoms with Crippen molar-refractivity contribution in [1.82, 2.24) is 10.3 Å². The fourth-order valence-corrected chi connectivity index (χ4v) is 1.68. The van der Waals surface area contributed by atoms with Gasteiger partial charge in [-0.15, -0.1) is 0 Å². The monoisotopic (exact) mass is 268 g/mol. The molecule has 0 aliphatic heterocycles. The van der Waals surface area contributed by atoms with Gasteiger partial charge in [0.15, 0.2) is 0 Å².